The van der Waals surface area contributed by atoms with Crippen molar-refractivity contribution in [2.45, 2.75) is 25.4 Å². The molecule has 0 aliphatic carbocycles. The highest BCUT2D eigenvalue weighted by Crippen LogP contribution is 2.25. The Hall–Kier alpha value is -1.36. The van der Waals surface area contributed by atoms with Crippen LogP contribution in [-0.4, -0.2) is 27.7 Å². The van der Waals surface area contributed by atoms with Crippen molar-refractivity contribution >= 4 is 5.97 Å². The van der Waals surface area contributed by atoms with Gasteiger partial charge in [-0.15, -0.1) is 0 Å². The van der Waals surface area contributed by atoms with Crippen molar-refractivity contribution in [3.63, 3.8) is 0 Å². The minimum absolute atomic E-state index is 0.0142. The molecule has 1 aromatic heterocycles. The Labute approximate surface area is 81.1 Å². The smallest absolute Gasteiger partial charge is 0.309 e. The van der Waals surface area contributed by atoms with Crippen LogP contribution in [0.4, 0.5) is 0 Å². The first-order valence-corrected chi connectivity index (χ1v) is 4.63. The summed E-state index contributed by atoms with van der Waals surface area (Å²) in [5.74, 6) is -0.105. The van der Waals surface area contributed by atoms with Gasteiger partial charge in [0.15, 0.2) is 0 Å². The summed E-state index contributed by atoms with van der Waals surface area (Å²) in [7, 11) is 0. The van der Waals surface area contributed by atoms with Crippen molar-refractivity contribution < 1.29 is 14.6 Å². The minimum atomic E-state index is -0.854. The molecule has 5 nitrogen and oxygen atoms in total. The minimum Gasteiger partial charge on any atom is -0.481 e. The number of nitrogens with one attached hydrogen (secondary N) is 1. The summed E-state index contributed by atoms with van der Waals surface area (Å²) in [4.78, 5) is 17.5. The van der Waals surface area contributed by atoms with Gasteiger partial charge in [-0.3, -0.25) is 4.79 Å². The summed E-state index contributed by atoms with van der Waals surface area (Å²) in [6, 6.07) is 0. The van der Waals surface area contributed by atoms with Gasteiger partial charge in [0.05, 0.1) is 6.42 Å². The number of aliphatic carboxylic acids is 1. The largest absolute Gasteiger partial charge is 0.481 e. The first-order chi connectivity index (χ1) is 6.75. The predicted octanol–water partition coefficient (Wildman–Crippen LogP) is 0.888. The van der Waals surface area contributed by atoms with Crippen LogP contribution in [0.25, 0.3) is 0 Å². The molecule has 1 fully saturated rings. The number of rotatable bonds is 3. The third-order valence-electron chi connectivity index (χ3n) is 2.22. The van der Waals surface area contributed by atoms with Crippen molar-refractivity contribution in [2.24, 2.45) is 0 Å². The van der Waals surface area contributed by atoms with Crippen molar-refractivity contribution in [2.75, 3.05) is 6.61 Å². The lowest BCUT2D eigenvalue weighted by Gasteiger charge is -2.03. The van der Waals surface area contributed by atoms with E-state index in [2.05, 4.69) is 9.97 Å². The average Bonchev–Trinajstić information content (AvgIpc) is 2.69. The number of carboxylic acids is 1. The van der Waals surface area contributed by atoms with Gasteiger partial charge in [-0.05, 0) is 12.8 Å². The summed E-state index contributed by atoms with van der Waals surface area (Å²) in [6.07, 6.45) is 3.57. The molecule has 1 aliphatic rings. The Morgan fingerprint density at radius 3 is 3.29 bits per heavy atom. The quantitative estimate of drug-likeness (QED) is 0.752. The molecule has 1 aliphatic heterocycles. The van der Waals surface area contributed by atoms with E-state index >= 15 is 0 Å². The molecule has 1 saturated heterocycles. The van der Waals surface area contributed by atoms with E-state index in [1.807, 2.05) is 0 Å². The number of carbonyl (C=O) groups is 1. The van der Waals surface area contributed by atoms with Crippen LogP contribution in [0.5, 0.6) is 0 Å². The zero-order valence-electron chi connectivity index (χ0n) is 7.69. The van der Waals surface area contributed by atoms with Gasteiger partial charge in [-0.25, -0.2) is 4.98 Å². The van der Waals surface area contributed by atoms with Gasteiger partial charge >= 0.3 is 5.97 Å². The summed E-state index contributed by atoms with van der Waals surface area (Å²) < 4.78 is 5.42. The molecule has 14 heavy (non-hydrogen) atoms. The number of aromatic nitrogens is 2. The molecule has 0 saturated carbocycles. The summed E-state index contributed by atoms with van der Waals surface area (Å²) in [6.45, 7) is 0.764. The van der Waals surface area contributed by atoms with Crippen LogP contribution < -0.4 is 0 Å². The monoisotopic (exact) mass is 196 g/mol. The third kappa shape index (κ3) is 1.93. The Kier molecular flexibility index (Phi) is 2.49. The molecule has 2 heterocycles. The van der Waals surface area contributed by atoms with Crippen molar-refractivity contribution in [1.29, 1.82) is 0 Å². The number of ether oxygens (including phenoxy) is 1. The number of imidazole rings is 1. The number of carboxylic acid groups (broad SMARTS) is 1. The SMILES string of the molecule is O=C(O)Cc1cnc(C2CCCO2)[nH]1. The Morgan fingerprint density at radius 1 is 1.79 bits per heavy atom. The fourth-order valence-electron chi connectivity index (χ4n) is 1.59. The molecular formula is C9H12N2O3. The first-order valence-electron chi connectivity index (χ1n) is 4.63. The van der Waals surface area contributed by atoms with Crippen LogP contribution in [0.3, 0.4) is 0 Å². The average molecular weight is 196 g/mol. The van der Waals surface area contributed by atoms with Gasteiger partial charge < -0.3 is 14.8 Å². The topological polar surface area (TPSA) is 75.2 Å². The molecule has 0 amide bonds. The standard InChI is InChI=1S/C9H12N2O3/c12-8(13)4-6-5-10-9(11-6)7-2-1-3-14-7/h5,7H,1-4H2,(H,10,11)(H,12,13). The van der Waals surface area contributed by atoms with Gasteiger partial charge in [0, 0.05) is 18.5 Å². The molecule has 5 heteroatoms. The second kappa shape index (κ2) is 3.79. The predicted molar refractivity (Wildman–Crippen MR) is 47.9 cm³/mol. The Balaban J connectivity index is 2.05. The van der Waals surface area contributed by atoms with Crippen LogP contribution in [0.1, 0.15) is 30.5 Å². The number of hydrogen-bond acceptors (Lipinski definition) is 3. The fraction of sp³-hybridized carbons (Fsp3) is 0.556. The lowest BCUT2D eigenvalue weighted by molar-refractivity contribution is -0.136. The second-order valence-electron chi connectivity index (χ2n) is 3.37. The van der Waals surface area contributed by atoms with Crippen molar-refractivity contribution in [1.82, 2.24) is 9.97 Å². The van der Waals surface area contributed by atoms with E-state index in [1.165, 1.54) is 0 Å². The molecule has 0 aromatic carbocycles. The molecule has 0 bridgehead atoms. The van der Waals surface area contributed by atoms with Crippen LogP contribution in [0, 0.1) is 0 Å². The van der Waals surface area contributed by atoms with Crippen molar-refractivity contribution in [3.8, 4) is 0 Å². The van der Waals surface area contributed by atoms with Crippen molar-refractivity contribution in [3.05, 3.63) is 17.7 Å². The van der Waals surface area contributed by atoms with E-state index in [-0.39, 0.29) is 12.5 Å². The van der Waals surface area contributed by atoms with E-state index in [4.69, 9.17) is 9.84 Å². The molecule has 1 unspecified atom stereocenters. The van der Waals surface area contributed by atoms with E-state index in [1.54, 1.807) is 6.20 Å². The van der Waals surface area contributed by atoms with Crippen LogP contribution in [-0.2, 0) is 16.0 Å². The van der Waals surface area contributed by atoms with Gasteiger partial charge in [0.2, 0.25) is 0 Å². The maximum Gasteiger partial charge on any atom is 0.309 e. The number of nitrogens with zero attached hydrogens (tertiary/aromatic N) is 1. The summed E-state index contributed by atoms with van der Waals surface area (Å²) in [5.41, 5.74) is 0.628. The van der Waals surface area contributed by atoms with Crippen LogP contribution >= 0.6 is 0 Å². The Bertz CT molecular complexity index is 329. The fourth-order valence-corrected chi connectivity index (χ4v) is 1.59. The number of hydrogen-bond donors (Lipinski definition) is 2. The summed E-state index contributed by atoms with van der Waals surface area (Å²) in [5, 5.41) is 8.56. The van der Waals surface area contributed by atoms with Gasteiger partial charge in [0.25, 0.3) is 0 Å². The zero-order valence-corrected chi connectivity index (χ0v) is 7.69. The zero-order chi connectivity index (χ0) is 9.97. The molecule has 2 N–H and O–H groups in total. The van der Waals surface area contributed by atoms with Gasteiger partial charge in [0.1, 0.15) is 11.9 Å². The van der Waals surface area contributed by atoms with Gasteiger partial charge in [-0.2, -0.15) is 0 Å². The molecule has 1 atom stereocenters. The lowest BCUT2D eigenvalue weighted by Crippen LogP contribution is -2.02. The summed E-state index contributed by atoms with van der Waals surface area (Å²) >= 11 is 0. The highest BCUT2D eigenvalue weighted by Gasteiger charge is 2.20. The number of H-pyrrole nitrogens is 1. The van der Waals surface area contributed by atoms with E-state index in [0.717, 1.165) is 25.3 Å². The van der Waals surface area contributed by atoms with Crippen LogP contribution in [0.15, 0.2) is 6.20 Å². The van der Waals surface area contributed by atoms with E-state index in [9.17, 15) is 4.79 Å². The maximum atomic E-state index is 10.4. The molecule has 2 rings (SSSR count). The molecule has 1 aromatic rings. The third-order valence-corrected chi connectivity index (χ3v) is 2.22. The van der Waals surface area contributed by atoms with Crippen LogP contribution in [0.2, 0.25) is 0 Å². The highest BCUT2D eigenvalue weighted by molar-refractivity contribution is 5.69. The van der Waals surface area contributed by atoms with E-state index < -0.39 is 5.97 Å². The molecule has 76 valence electrons. The number of aromatic amines is 1. The highest BCUT2D eigenvalue weighted by atomic mass is 16.5. The first kappa shape index (κ1) is 9.21. The molecule has 0 radical (unpaired) electrons. The second-order valence-corrected chi connectivity index (χ2v) is 3.37. The molecular weight excluding hydrogens is 184 g/mol. The maximum absolute atomic E-state index is 10.4. The normalized spacial score (nSPS) is 21.3. The Morgan fingerprint density at radius 2 is 2.64 bits per heavy atom. The molecule has 0 spiro atoms. The van der Waals surface area contributed by atoms with E-state index in [0.29, 0.717) is 5.69 Å². The lowest BCUT2D eigenvalue weighted by atomic mass is 10.2. The van der Waals surface area contributed by atoms with Gasteiger partial charge in [-0.1, -0.05) is 0 Å².